The Hall–Kier alpha value is -2.37. The maximum absolute atomic E-state index is 14.8. The number of carbonyl (C=O) groups excluding carboxylic acids is 1. The highest BCUT2D eigenvalue weighted by Gasteiger charge is 2.36. The zero-order valence-electron chi connectivity index (χ0n) is 21.9. The van der Waals surface area contributed by atoms with Gasteiger partial charge in [0.2, 0.25) is 10.0 Å². The Kier molecular flexibility index (Phi) is 8.27. The first-order chi connectivity index (χ1) is 18.0. The number of nitrogens with zero attached hydrogens (tertiary/aromatic N) is 1. The highest BCUT2D eigenvalue weighted by atomic mass is 35.5. The van der Waals surface area contributed by atoms with E-state index < -0.39 is 33.5 Å². The van der Waals surface area contributed by atoms with Crippen molar-refractivity contribution in [2.45, 2.75) is 57.7 Å². The average Bonchev–Trinajstić information content (AvgIpc) is 3.66. The number of sulfonamides is 1. The van der Waals surface area contributed by atoms with Crippen molar-refractivity contribution in [3.63, 3.8) is 0 Å². The third-order valence-electron chi connectivity index (χ3n) is 7.50. The molecule has 2 aromatic carbocycles. The largest absolute Gasteiger partial charge is 0.493 e. The molecule has 6 nitrogen and oxygen atoms in total. The smallest absolute Gasteiger partial charge is 0.416 e. The molecule has 2 aliphatic rings. The zero-order valence-corrected chi connectivity index (χ0v) is 23.4. The number of rotatable bonds is 8. The van der Waals surface area contributed by atoms with Crippen LogP contribution in [0.15, 0.2) is 30.3 Å². The summed E-state index contributed by atoms with van der Waals surface area (Å²) in [6, 6.07) is 5.87. The van der Waals surface area contributed by atoms with Gasteiger partial charge in [0.05, 0.1) is 24.0 Å². The van der Waals surface area contributed by atoms with E-state index in [0.29, 0.717) is 49.4 Å². The molecule has 1 saturated carbocycles. The molecule has 2 aromatic rings. The van der Waals surface area contributed by atoms with Gasteiger partial charge in [0.15, 0.2) is 0 Å². The van der Waals surface area contributed by atoms with E-state index in [-0.39, 0.29) is 28.0 Å². The van der Waals surface area contributed by atoms with E-state index in [2.05, 4.69) is 11.8 Å². The van der Waals surface area contributed by atoms with Crippen LogP contribution in [0.4, 0.5) is 17.6 Å². The molecule has 39 heavy (non-hydrogen) atoms. The van der Waals surface area contributed by atoms with E-state index >= 15 is 0 Å². The number of piperidine rings is 1. The van der Waals surface area contributed by atoms with Crippen LogP contribution in [-0.2, 0) is 16.2 Å². The summed E-state index contributed by atoms with van der Waals surface area (Å²) in [7, 11) is -3.85. The van der Waals surface area contributed by atoms with E-state index in [1.54, 1.807) is 10.8 Å². The minimum absolute atomic E-state index is 0.0421. The van der Waals surface area contributed by atoms with Crippen LogP contribution < -0.4 is 9.46 Å². The Bertz CT molecular complexity index is 1350. The van der Waals surface area contributed by atoms with Crippen molar-refractivity contribution < 1.29 is 35.5 Å². The number of hydrogen-bond donors (Lipinski definition) is 1. The Morgan fingerprint density at radius 1 is 1.18 bits per heavy atom. The summed E-state index contributed by atoms with van der Waals surface area (Å²) in [5.74, 6) is -1.45. The molecule has 1 heterocycles. The number of carbonyl (C=O) groups is 1. The van der Waals surface area contributed by atoms with E-state index in [4.69, 9.17) is 16.3 Å². The molecule has 0 unspecified atom stereocenters. The number of benzene rings is 2. The summed E-state index contributed by atoms with van der Waals surface area (Å²) < 4.78 is 85.3. The maximum Gasteiger partial charge on any atom is 0.416 e. The SMILES string of the molecule is C[C@H](c1cc(Cl)cc(C(F)(F)F)c1)N1CCC(C)(COc2cc(F)c(C(=O)NS(C)(=O)=O)cc2C2CC2)CC1. The highest BCUT2D eigenvalue weighted by molar-refractivity contribution is 7.89. The fourth-order valence-electron chi connectivity index (χ4n) is 4.88. The van der Waals surface area contributed by atoms with Crippen molar-refractivity contribution >= 4 is 27.5 Å². The summed E-state index contributed by atoms with van der Waals surface area (Å²) >= 11 is 5.98. The molecular weight excluding hydrogens is 560 g/mol. The number of likely N-dealkylation sites (tertiary alicyclic amines) is 1. The number of hydrogen-bond acceptors (Lipinski definition) is 5. The normalized spacial score (nSPS) is 19.0. The lowest BCUT2D eigenvalue weighted by atomic mass is 9.80. The van der Waals surface area contributed by atoms with Crippen LogP contribution >= 0.6 is 11.6 Å². The van der Waals surface area contributed by atoms with E-state index in [1.807, 2.05) is 6.92 Å². The molecule has 0 aromatic heterocycles. The van der Waals surface area contributed by atoms with Gasteiger partial charge in [-0.3, -0.25) is 9.69 Å². The first-order valence-corrected chi connectivity index (χ1v) is 14.9. The third-order valence-corrected chi connectivity index (χ3v) is 8.27. The predicted molar refractivity (Wildman–Crippen MR) is 140 cm³/mol. The standard InChI is InChI=1S/C27H31ClF4N2O4S/c1-16(18-10-19(27(30,31)32)12-20(28)11-18)34-8-6-26(2,7-9-34)15-38-24-14-23(29)22(13-21(24)17-4-5-17)25(35)33-39(3,36)37/h10-14,16-17H,4-9,15H2,1-3H3,(H,33,35)/t16-/m1/s1. The van der Waals surface area contributed by atoms with Crippen molar-refractivity contribution in [3.8, 4) is 5.75 Å². The Labute approximate surface area is 230 Å². The molecule has 1 atom stereocenters. The van der Waals surface area contributed by atoms with Gasteiger partial charge in [-0.2, -0.15) is 13.2 Å². The Morgan fingerprint density at radius 2 is 1.82 bits per heavy atom. The number of alkyl halides is 3. The summed E-state index contributed by atoms with van der Waals surface area (Å²) in [5, 5.41) is 0.0421. The molecule has 0 radical (unpaired) electrons. The van der Waals surface area contributed by atoms with Crippen molar-refractivity contribution in [1.29, 1.82) is 0 Å². The lowest BCUT2D eigenvalue weighted by molar-refractivity contribution is -0.137. The monoisotopic (exact) mass is 590 g/mol. The van der Waals surface area contributed by atoms with Gasteiger partial charge in [-0.15, -0.1) is 0 Å². The lowest BCUT2D eigenvalue weighted by Gasteiger charge is -2.42. The van der Waals surface area contributed by atoms with Crippen molar-refractivity contribution in [2.24, 2.45) is 5.41 Å². The van der Waals surface area contributed by atoms with Crippen LogP contribution in [0.2, 0.25) is 5.02 Å². The molecule has 1 aliphatic heterocycles. The van der Waals surface area contributed by atoms with Crippen LogP contribution in [0.3, 0.4) is 0 Å². The van der Waals surface area contributed by atoms with Crippen LogP contribution in [0.25, 0.3) is 0 Å². The van der Waals surface area contributed by atoms with Gasteiger partial charge in [-0.25, -0.2) is 17.5 Å². The van der Waals surface area contributed by atoms with Crippen LogP contribution in [-0.4, -0.2) is 45.2 Å². The van der Waals surface area contributed by atoms with Gasteiger partial charge in [-0.1, -0.05) is 18.5 Å². The minimum Gasteiger partial charge on any atom is -0.493 e. The molecule has 12 heteroatoms. The zero-order chi connectivity index (χ0) is 28.8. The first kappa shape index (κ1) is 29.6. The van der Waals surface area contributed by atoms with Gasteiger partial charge >= 0.3 is 6.18 Å². The predicted octanol–water partition coefficient (Wildman–Crippen LogP) is 6.31. The fraction of sp³-hybridized carbons (Fsp3) is 0.519. The summed E-state index contributed by atoms with van der Waals surface area (Å²) in [5.41, 5.74) is -0.209. The van der Waals surface area contributed by atoms with Crippen LogP contribution in [0, 0.1) is 11.2 Å². The minimum atomic E-state index is -4.48. The topological polar surface area (TPSA) is 75.7 Å². The van der Waals surface area contributed by atoms with E-state index in [0.717, 1.165) is 37.3 Å². The van der Waals surface area contributed by atoms with Gasteiger partial charge in [0.25, 0.3) is 5.91 Å². The van der Waals surface area contributed by atoms with Crippen molar-refractivity contribution in [2.75, 3.05) is 26.0 Å². The van der Waals surface area contributed by atoms with Gasteiger partial charge in [0, 0.05) is 22.5 Å². The number of halogens is 5. The molecule has 214 valence electrons. The number of amides is 1. The summed E-state index contributed by atoms with van der Waals surface area (Å²) in [6.45, 7) is 5.46. The van der Waals surface area contributed by atoms with Gasteiger partial charge < -0.3 is 4.74 Å². The van der Waals surface area contributed by atoms with Crippen LogP contribution in [0.5, 0.6) is 5.75 Å². The molecule has 2 fully saturated rings. The Balaban J connectivity index is 1.42. The molecule has 1 aliphatic carbocycles. The molecular formula is C27H31ClF4N2O4S. The second-order valence-electron chi connectivity index (χ2n) is 10.9. The third kappa shape index (κ3) is 7.43. The quantitative estimate of drug-likeness (QED) is 0.365. The molecule has 4 rings (SSSR count). The second kappa shape index (κ2) is 10.9. The number of nitrogens with one attached hydrogen (secondary N) is 1. The van der Waals surface area contributed by atoms with Gasteiger partial charge in [-0.05, 0) is 87.0 Å². The summed E-state index contributed by atoms with van der Waals surface area (Å²) in [4.78, 5) is 14.4. The number of ether oxygens (including phenoxy) is 1. The molecule has 1 saturated heterocycles. The molecule has 0 spiro atoms. The summed E-state index contributed by atoms with van der Waals surface area (Å²) in [6.07, 6.45) is -0.521. The molecule has 1 N–H and O–H groups in total. The van der Waals surface area contributed by atoms with E-state index in [9.17, 15) is 30.8 Å². The van der Waals surface area contributed by atoms with Crippen molar-refractivity contribution in [1.82, 2.24) is 9.62 Å². The molecule has 0 bridgehead atoms. The first-order valence-electron chi connectivity index (χ1n) is 12.6. The van der Waals surface area contributed by atoms with Crippen molar-refractivity contribution in [3.05, 3.63) is 63.4 Å². The highest BCUT2D eigenvalue weighted by Crippen LogP contribution is 2.46. The molecule has 1 amide bonds. The van der Waals surface area contributed by atoms with Crippen LogP contribution in [0.1, 0.15) is 78.5 Å². The van der Waals surface area contributed by atoms with E-state index in [1.165, 1.54) is 6.07 Å². The average molecular weight is 591 g/mol. The second-order valence-corrected chi connectivity index (χ2v) is 13.1. The Morgan fingerprint density at radius 3 is 2.38 bits per heavy atom. The lowest BCUT2D eigenvalue weighted by Crippen LogP contribution is -2.42. The maximum atomic E-state index is 14.8. The van der Waals surface area contributed by atoms with Gasteiger partial charge in [0.1, 0.15) is 11.6 Å². The fourth-order valence-corrected chi connectivity index (χ4v) is 5.57.